The van der Waals surface area contributed by atoms with E-state index in [2.05, 4.69) is 88.4 Å². The zero-order valence-corrected chi connectivity index (χ0v) is 21.7. The van der Waals surface area contributed by atoms with Crippen LogP contribution in [0.2, 0.25) is 5.02 Å². The van der Waals surface area contributed by atoms with Gasteiger partial charge in [-0.2, -0.15) is 0 Å². The molecule has 0 radical (unpaired) electrons. The number of H-pyrrole nitrogens is 1. The molecule has 1 atom stereocenters. The lowest BCUT2D eigenvalue weighted by Crippen LogP contribution is -2.47. The number of piperazine rings is 1. The first-order valence-corrected chi connectivity index (χ1v) is 13.2. The Labute approximate surface area is 223 Å². The zero-order chi connectivity index (χ0) is 25.2. The summed E-state index contributed by atoms with van der Waals surface area (Å²) in [6.45, 7) is 6.28. The maximum Gasteiger partial charge on any atom is 0.136 e. The van der Waals surface area contributed by atoms with Crippen LogP contribution in [-0.4, -0.2) is 36.1 Å². The van der Waals surface area contributed by atoms with Crippen LogP contribution < -0.4 is 9.64 Å². The van der Waals surface area contributed by atoms with Crippen molar-refractivity contribution in [2.75, 3.05) is 31.1 Å². The normalized spacial score (nSPS) is 15.1. The Hall–Kier alpha value is -3.73. The van der Waals surface area contributed by atoms with Gasteiger partial charge in [0.25, 0.3) is 0 Å². The molecule has 186 valence electrons. The second kappa shape index (κ2) is 10.3. The highest BCUT2D eigenvalue weighted by Gasteiger charge is 2.24. The van der Waals surface area contributed by atoms with Crippen LogP contribution in [0.25, 0.3) is 22.0 Å². The molecule has 37 heavy (non-hydrogen) atoms. The van der Waals surface area contributed by atoms with Gasteiger partial charge in [-0.1, -0.05) is 60.1 Å². The van der Waals surface area contributed by atoms with Crippen LogP contribution in [0.4, 0.5) is 5.69 Å². The third-order valence-corrected chi connectivity index (χ3v) is 7.65. The number of aromatic amines is 1. The van der Waals surface area contributed by atoms with Crippen molar-refractivity contribution in [2.45, 2.75) is 13.0 Å². The number of aromatic nitrogens is 1. The van der Waals surface area contributed by atoms with Crippen LogP contribution in [0.1, 0.15) is 18.5 Å². The van der Waals surface area contributed by atoms with Gasteiger partial charge >= 0.3 is 0 Å². The maximum atomic E-state index is 6.30. The summed E-state index contributed by atoms with van der Waals surface area (Å²) in [5, 5.41) is 1.86. The summed E-state index contributed by atoms with van der Waals surface area (Å²) < 4.78 is 6.30. The van der Waals surface area contributed by atoms with Gasteiger partial charge in [-0.3, -0.25) is 4.90 Å². The highest BCUT2D eigenvalue weighted by Crippen LogP contribution is 2.34. The summed E-state index contributed by atoms with van der Waals surface area (Å²) in [6, 6.07) is 33.8. The van der Waals surface area contributed by atoms with E-state index in [1.54, 1.807) is 0 Å². The Morgan fingerprint density at radius 2 is 1.59 bits per heavy atom. The second-order valence-corrected chi connectivity index (χ2v) is 10.0. The third-order valence-electron chi connectivity index (χ3n) is 7.39. The van der Waals surface area contributed by atoms with Crippen molar-refractivity contribution in [1.82, 2.24) is 9.88 Å². The predicted molar refractivity (Wildman–Crippen MR) is 154 cm³/mol. The minimum absolute atomic E-state index is 0.325. The average molecular weight is 508 g/mol. The van der Waals surface area contributed by atoms with E-state index >= 15 is 0 Å². The van der Waals surface area contributed by atoms with Crippen LogP contribution in [-0.2, 0) is 0 Å². The Morgan fingerprint density at radius 3 is 2.43 bits per heavy atom. The molecule has 0 spiro atoms. The number of nitrogens with zero attached hydrogens (tertiary/aromatic N) is 2. The molecule has 0 aliphatic carbocycles. The van der Waals surface area contributed by atoms with Crippen molar-refractivity contribution < 1.29 is 4.74 Å². The molecule has 1 aromatic heterocycles. The molecule has 2 heterocycles. The number of hydrogen-bond acceptors (Lipinski definition) is 3. The molecule has 5 heteroatoms. The number of rotatable bonds is 6. The quantitative estimate of drug-likeness (QED) is 0.251. The molecule has 1 saturated heterocycles. The average Bonchev–Trinajstić information content (AvgIpc) is 3.44. The Bertz CT molecular complexity index is 1500. The largest absolute Gasteiger partial charge is 0.457 e. The molecule has 4 nitrogen and oxygen atoms in total. The summed E-state index contributed by atoms with van der Waals surface area (Å²) in [5.74, 6) is 1.73. The minimum Gasteiger partial charge on any atom is -0.457 e. The predicted octanol–water partition coefficient (Wildman–Crippen LogP) is 8.16. The van der Waals surface area contributed by atoms with Gasteiger partial charge in [0, 0.05) is 66.1 Å². The van der Waals surface area contributed by atoms with E-state index in [-0.39, 0.29) is 0 Å². The highest BCUT2D eigenvalue weighted by molar-refractivity contribution is 6.30. The van der Waals surface area contributed by atoms with Gasteiger partial charge in [-0.25, -0.2) is 0 Å². The van der Waals surface area contributed by atoms with E-state index < -0.39 is 0 Å². The number of fused-ring (bicyclic) bond motifs is 1. The third kappa shape index (κ3) is 4.95. The topological polar surface area (TPSA) is 31.5 Å². The molecular formula is C32H30ClN3O. The van der Waals surface area contributed by atoms with Crippen LogP contribution in [0, 0.1) is 0 Å². The number of anilines is 1. The fraction of sp³-hybridized carbons (Fsp3) is 0.188. The summed E-state index contributed by atoms with van der Waals surface area (Å²) in [5.41, 5.74) is 6.12. The van der Waals surface area contributed by atoms with Gasteiger partial charge in [0.2, 0.25) is 0 Å². The van der Waals surface area contributed by atoms with Crippen LogP contribution >= 0.6 is 11.6 Å². The summed E-state index contributed by atoms with van der Waals surface area (Å²) >= 11 is 6.13. The SMILES string of the molecule is CC(c1ccccc1-c1ccc(Cl)cc1)N1CCN(c2cccc(Oc3cccc4[nH]ccc34)c2)CC1. The number of ether oxygens (including phenoxy) is 1. The standard InChI is InChI=1S/C32H30ClN3O/c1-23(28-8-2-3-9-29(28)24-12-14-25(33)15-13-24)35-18-20-36(21-19-35)26-6-4-7-27(22-26)37-32-11-5-10-31-30(32)16-17-34-31/h2-17,22-23,34H,18-21H2,1H3. The highest BCUT2D eigenvalue weighted by atomic mass is 35.5. The Balaban J connectivity index is 1.15. The first kappa shape index (κ1) is 23.7. The fourth-order valence-electron chi connectivity index (χ4n) is 5.33. The van der Waals surface area contributed by atoms with E-state index in [4.69, 9.17) is 16.3 Å². The molecule has 1 N–H and O–H groups in total. The van der Waals surface area contributed by atoms with Gasteiger partial charge in [0.05, 0.1) is 0 Å². The summed E-state index contributed by atoms with van der Waals surface area (Å²) in [6.07, 6.45) is 1.95. The maximum absolute atomic E-state index is 6.30. The van der Waals surface area contributed by atoms with Gasteiger partial charge in [-0.05, 0) is 66.1 Å². The van der Waals surface area contributed by atoms with Gasteiger partial charge in [0.15, 0.2) is 0 Å². The molecule has 0 saturated carbocycles. The summed E-state index contributed by atoms with van der Waals surface area (Å²) in [7, 11) is 0. The molecule has 1 fully saturated rings. The van der Waals surface area contributed by atoms with E-state index in [1.165, 1.54) is 22.4 Å². The molecule has 1 unspecified atom stereocenters. The van der Waals surface area contributed by atoms with E-state index in [0.717, 1.165) is 53.6 Å². The van der Waals surface area contributed by atoms with Gasteiger partial charge < -0.3 is 14.6 Å². The molecule has 0 bridgehead atoms. The van der Waals surface area contributed by atoms with Crippen molar-refractivity contribution in [3.8, 4) is 22.6 Å². The lowest BCUT2D eigenvalue weighted by molar-refractivity contribution is 0.199. The van der Waals surface area contributed by atoms with E-state index in [1.807, 2.05) is 36.5 Å². The molecule has 1 aliphatic heterocycles. The van der Waals surface area contributed by atoms with E-state index in [0.29, 0.717) is 6.04 Å². The first-order valence-electron chi connectivity index (χ1n) is 12.8. The smallest absolute Gasteiger partial charge is 0.136 e. The molecule has 1 aliphatic rings. The second-order valence-electron chi connectivity index (χ2n) is 9.59. The fourth-order valence-corrected chi connectivity index (χ4v) is 5.46. The molecule has 5 aromatic rings. The number of nitrogens with one attached hydrogen (secondary N) is 1. The van der Waals surface area contributed by atoms with Crippen molar-refractivity contribution in [3.05, 3.63) is 114 Å². The monoisotopic (exact) mass is 507 g/mol. The first-order chi connectivity index (χ1) is 18.2. The van der Waals surface area contributed by atoms with Crippen molar-refractivity contribution in [1.29, 1.82) is 0 Å². The van der Waals surface area contributed by atoms with Crippen molar-refractivity contribution in [2.24, 2.45) is 0 Å². The molecular weight excluding hydrogens is 478 g/mol. The lowest BCUT2D eigenvalue weighted by Gasteiger charge is -2.39. The van der Waals surface area contributed by atoms with Gasteiger partial charge in [-0.15, -0.1) is 0 Å². The molecule has 0 amide bonds. The number of benzene rings is 4. The minimum atomic E-state index is 0.325. The lowest BCUT2D eigenvalue weighted by atomic mass is 9.94. The Kier molecular flexibility index (Phi) is 6.60. The summed E-state index contributed by atoms with van der Waals surface area (Å²) in [4.78, 5) is 8.29. The van der Waals surface area contributed by atoms with Crippen LogP contribution in [0.5, 0.6) is 11.5 Å². The van der Waals surface area contributed by atoms with Gasteiger partial charge in [0.1, 0.15) is 11.5 Å². The number of hydrogen-bond donors (Lipinski definition) is 1. The zero-order valence-electron chi connectivity index (χ0n) is 20.9. The Morgan fingerprint density at radius 1 is 0.811 bits per heavy atom. The van der Waals surface area contributed by atoms with Crippen LogP contribution in [0.15, 0.2) is 103 Å². The number of halogens is 1. The van der Waals surface area contributed by atoms with Crippen molar-refractivity contribution in [3.63, 3.8) is 0 Å². The van der Waals surface area contributed by atoms with E-state index in [9.17, 15) is 0 Å². The molecule has 6 rings (SSSR count). The molecule has 4 aromatic carbocycles. The van der Waals surface area contributed by atoms with Crippen molar-refractivity contribution >= 4 is 28.2 Å². The van der Waals surface area contributed by atoms with Crippen LogP contribution in [0.3, 0.4) is 0 Å².